The molecule has 0 saturated heterocycles. The van der Waals surface area contributed by atoms with Gasteiger partial charge in [-0.05, 0) is 40.1 Å². The number of amides is 2. The van der Waals surface area contributed by atoms with Gasteiger partial charge in [-0.15, -0.1) is 0 Å². The van der Waals surface area contributed by atoms with Crippen molar-refractivity contribution in [3.63, 3.8) is 0 Å². The van der Waals surface area contributed by atoms with Crippen LogP contribution in [-0.4, -0.2) is 23.3 Å². The lowest BCUT2D eigenvalue weighted by molar-refractivity contribution is -0.384. The van der Waals surface area contributed by atoms with Gasteiger partial charge >= 0.3 is 0 Å². The number of nitro groups is 1. The van der Waals surface area contributed by atoms with Gasteiger partial charge < -0.3 is 10.6 Å². The van der Waals surface area contributed by atoms with E-state index in [1.54, 1.807) is 6.07 Å². The Morgan fingerprint density at radius 2 is 1.78 bits per heavy atom. The average Bonchev–Trinajstić information content (AvgIpc) is 2.66. The molecule has 0 radical (unpaired) electrons. The second-order valence-corrected chi connectivity index (χ2v) is 6.84. The number of carbonyl (C=O) groups is 2. The van der Waals surface area contributed by atoms with Crippen LogP contribution in [0.2, 0.25) is 0 Å². The lowest BCUT2D eigenvalue weighted by atomic mass is 10.1. The SMILES string of the molecule is O=C(CNC(=O)c1ccc([N+](=O)[O-])cc1I)Nc1cccc2ccccc12. The Balaban J connectivity index is 1.65. The molecule has 0 fully saturated rings. The number of nitrogens with one attached hydrogen (secondary N) is 2. The van der Waals surface area contributed by atoms with Crippen LogP contribution in [0.3, 0.4) is 0 Å². The molecular weight excluding hydrogens is 461 g/mol. The van der Waals surface area contributed by atoms with Crippen molar-refractivity contribution in [2.24, 2.45) is 0 Å². The first-order valence-electron chi connectivity index (χ1n) is 7.95. The molecule has 3 aromatic carbocycles. The minimum absolute atomic E-state index is 0.0929. The van der Waals surface area contributed by atoms with E-state index in [4.69, 9.17) is 0 Å². The van der Waals surface area contributed by atoms with Crippen molar-refractivity contribution in [2.75, 3.05) is 11.9 Å². The maximum Gasteiger partial charge on any atom is 0.270 e. The van der Waals surface area contributed by atoms with Crippen LogP contribution in [0.4, 0.5) is 11.4 Å². The van der Waals surface area contributed by atoms with Crippen LogP contribution in [0.15, 0.2) is 60.7 Å². The minimum Gasteiger partial charge on any atom is -0.343 e. The van der Waals surface area contributed by atoms with E-state index in [9.17, 15) is 19.7 Å². The van der Waals surface area contributed by atoms with Crippen molar-refractivity contribution >= 4 is 56.6 Å². The van der Waals surface area contributed by atoms with Gasteiger partial charge in [-0.3, -0.25) is 19.7 Å². The van der Waals surface area contributed by atoms with Crippen LogP contribution >= 0.6 is 22.6 Å². The molecule has 0 heterocycles. The number of halogens is 1. The van der Waals surface area contributed by atoms with E-state index in [2.05, 4.69) is 10.6 Å². The molecule has 0 aliphatic carbocycles. The Bertz CT molecular complexity index is 1050. The zero-order valence-corrected chi connectivity index (χ0v) is 16.1. The van der Waals surface area contributed by atoms with Gasteiger partial charge in [-0.2, -0.15) is 0 Å². The summed E-state index contributed by atoms with van der Waals surface area (Å²) in [5.74, 6) is -0.834. The van der Waals surface area contributed by atoms with E-state index in [0.29, 0.717) is 9.26 Å². The maximum atomic E-state index is 12.3. The van der Waals surface area contributed by atoms with Crippen molar-refractivity contribution in [3.8, 4) is 0 Å². The quantitative estimate of drug-likeness (QED) is 0.334. The van der Waals surface area contributed by atoms with Crippen LogP contribution in [-0.2, 0) is 4.79 Å². The summed E-state index contributed by atoms with van der Waals surface area (Å²) in [7, 11) is 0. The maximum absolute atomic E-state index is 12.3. The molecular formula is C19H14IN3O4. The van der Waals surface area contributed by atoms with Crippen molar-refractivity contribution in [2.45, 2.75) is 0 Å². The predicted octanol–water partition coefficient (Wildman–Crippen LogP) is 3.72. The molecule has 0 aliphatic heterocycles. The third kappa shape index (κ3) is 4.40. The number of benzene rings is 3. The second kappa shape index (κ2) is 8.12. The third-order valence-electron chi connectivity index (χ3n) is 3.88. The molecule has 0 saturated carbocycles. The highest BCUT2D eigenvalue weighted by molar-refractivity contribution is 14.1. The van der Waals surface area contributed by atoms with Gasteiger partial charge in [0.15, 0.2) is 0 Å². The molecule has 136 valence electrons. The molecule has 0 aromatic heterocycles. The predicted molar refractivity (Wildman–Crippen MR) is 111 cm³/mol. The first-order valence-corrected chi connectivity index (χ1v) is 9.03. The van der Waals surface area contributed by atoms with Crippen LogP contribution in [0.25, 0.3) is 10.8 Å². The standard InChI is InChI=1S/C19H14IN3O4/c20-16-10-13(23(26)27)8-9-15(16)19(25)21-11-18(24)22-17-7-3-5-12-4-1-2-6-14(12)17/h1-10H,11H2,(H,21,25)(H,22,24). The molecule has 0 spiro atoms. The number of fused-ring (bicyclic) bond motifs is 1. The van der Waals surface area contributed by atoms with E-state index >= 15 is 0 Å². The summed E-state index contributed by atoms with van der Waals surface area (Å²) in [6, 6.07) is 17.2. The number of carbonyl (C=O) groups excluding carboxylic acids is 2. The smallest absolute Gasteiger partial charge is 0.270 e. The molecule has 0 atom stereocenters. The number of non-ortho nitro benzene ring substituents is 1. The topological polar surface area (TPSA) is 101 Å². The number of anilines is 1. The van der Waals surface area contributed by atoms with E-state index in [-0.39, 0.29) is 23.7 Å². The Morgan fingerprint density at radius 3 is 2.52 bits per heavy atom. The number of rotatable bonds is 5. The molecule has 0 aliphatic rings. The van der Waals surface area contributed by atoms with Gasteiger partial charge in [0.05, 0.1) is 17.0 Å². The molecule has 27 heavy (non-hydrogen) atoms. The summed E-state index contributed by atoms with van der Waals surface area (Å²) in [6.07, 6.45) is 0. The van der Waals surface area contributed by atoms with E-state index < -0.39 is 10.8 Å². The van der Waals surface area contributed by atoms with E-state index in [1.807, 2.05) is 59.0 Å². The van der Waals surface area contributed by atoms with Crippen LogP contribution < -0.4 is 10.6 Å². The Morgan fingerprint density at radius 1 is 1.04 bits per heavy atom. The van der Waals surface area contributed by atoms with Gasteiger partial charge in [0.2, 0.25) is 5.91 Å². The van der Waals surface area contributed by atoms with E-state index in [0.717, 1.165) is 10.8 Å². The summed E-state index contributed by atoms with van der Waals surface area (Å²) in [5, 5.41) is 18.0. The van der Waals surface area contributed by atoms with Gasteiger partial charge in [0, 0.05) is 26.8 Å². The monoisotopic (exact) mass is 475 g/mol. The van der Waals surface area contributed by atoms with Crippen LogP contribution in [0.1, 0.15) is 10.4 Å². The highest BCUT2D eigenvalue weighted by atomic mass is 127. The number of nitrogens with zero attached hydrogens (tertiary/aromatic N) is 1. The molecule has 3 rings (SSSR count). The van der Waals surface area contributed by atoms with Crippen LogP contribution in [0, 0.1) is 13.7 Å². The average molecular weight is 475 g/mol. The largest absolute Gasteiger partial charge is 0.343 e. The molecule has 0 bridgehead atoms. The summed E-state index contributed by atoms with van der Waals surface area (Å²) >= 11 is 1.85. The fourth-order valence-electron chi connectivity index (χ4n) is 2.59. The lowest BCUT2D eigenvalue weighted by Gasteiger charge is -2.10. The van der Waals surface area contributed by atoms with Gasteiger partial charge in [-0.1, -0.05) is 36.4 Å². The summed E-state index contributed by atoms with van der Waals surface area (Å²) < 4.78 is 0.439. The normalized spacial score (nSPS) is 10.4. The Hall–Kier alpha value is -3.01. The third-order valence-corrected chi connectivity index (χ3v) is 4.77. The minimum atomic E-state index is -0.526. The summed E-state index contributed by atoms with van der Waals surface area (Å²) in [4.78, 5) is 34.7. The molecule has 8 heteroatoms. The van der Waals surface area contributed by atoms with Crippen molar-refractivity contribution in [3.05, 3.63) is 79.9 Å². The van der Waals surface area contributed by atoms with Gasteiger partial charge in [0.1, 0.15) is 0 Å². The first-order chi connectivity index (χ1) is 13.0. The molecule has 3 aromatic rings. The van der Waals surface area contributed by atoms with E-state index in [1.165, 1.54) is 18.2 Å². The molecule has 2 N–H and O–H groups in total. The Labute approximate surface area is 168 Å². The molecule has 2 amide bonds. The first kappa shape index (κ1) is 18.8. The zero-order chi connectivity index (χ0) is 19.4. The Kier molecular flexibility index (Phi) is 5.65. The zero-order valence-electron chi connectivity index (χ0n) is 13.9. The van der Waals surface area contributed by atoms with Gasteiger partial charge in [-0.25, -0.2) is 0 Å². The summed E-state index contributed by atoms with van der Waals surface area (Å²) in [5.41, 5.74) is 0.848. The van der Waals surface area contributed by atoms with Crippen LogP contribution in [0.5, 0.6) is 0 Å². The fourth-order valence-corrected chi connectivity index (χ4v) is 3.33. The molecule has 7 nitrogen and oxygen atoms in total. The highest BCUT2D eigenvalue weighted by Gasteiger charge is 2.15. The van der Waals surface area contributed by atoms with Crippen molar-refractivity contribution < 1.29 is 14.5 Å². The molecule has 0 unspecified atom stereocenters. The number of hydrogen-bond acceptors (Lipinski definition) is 4. The number of hydrogen-bond donors (Lipinski definition) is 2. The highest BCUT2D eigenvalue weighted by Crippen LogP contribution is 2.23. The second-order valence-electron chi connectivity index (χ2n) is 5.68. The summed E-state index contributed by atoms with van der Waals surface area (Å²) in [6.45, 7) is -0.213. The number of nitro benzene ring substituents is 1. The van der Waals surface area contributed by atoms with Crippen molar-refractivity contribution in [1.82, 2.24) is 5.32 Å². The van der Waals surface area contributed by atoms with Crippen molar-refractivity contribution in [1.29, 1.82) is 0 Å². The lowest BCUT2D eigenvalue weighted by Crippen LogP contribution is -2.33. The van der Waals surface area contributed by atoms with Gasteiger partial charge in [0.25, 0.3) is 11.6 Å². The fraction of sp³-hybridized carbons (Fsp3) is 0.0526.